The molecule has 0 aliphatic rings. The van der Waals surface area contributed by atoms with Crippen molar-refractivity contribution in [2.75, 3.05) is 24.2 Å². The van der Waals surface area contributed by atoms with Gasteiger partial charge in [0.25, 0.3) is 0 Å². The summed E-state index contributed by atoms with van der Waals surface area (Å²) in [6, 6.07) is 0.974. The maximum absolute atomic E-state index is 5.95. The van der Waals surface area contributed by atoms with Crippen LogP contribution in [0.15, 0.2) is 0 Å². The number of rotatable bonds is 29. The van der Waals surface area contributed by atoms with E-state index in [1.807, 2.05) is 20.8 Å². The Balaban J connectivity index is 3.33. The second-order valence-corrected chi connectivity index (χ2v) is 13.7. The predicted molar refractivity (Wildman–Crippen MR) is 161 cm³/mol. The van der Waals surface area contributed by atoms with Crippen LogP contribution in [0.25, 0.3) is 0 Å². The molecule has 34 heavy (non-hydrogen) atoms. The van der Waals surface area contributed by atoms with Crippen LogP contribution >= 0.6 is 22.6 Å². The number of unbranched alkanes of at least 4 members (excludes halogenated alkanes) is 20. The third kappa shape index (κ3) is 23.2. The van der Waals surface area contributed by atoms with E-state index in [2.05, 4.69) is 22.6 Å². The van der Waals surface area contributed by atoms with Gasteiger partial charge in [-0.3, -0.25) is 0 Å². The van der Waals surface area contributed by atoms with Crippen molar-refractivity contribution in [2.24, 2.45) is 0 Å². The highest BCUT2D eigenvalue weighted by Gasteiger charge is 2.39. The lowest BCUT2D eigenvalue weighted by molar-refractivity contribution is 0.0706. The molecule has 0 fully saturated rings. The van der Waals surface area contributed by atoms with Crippen molar-refractivity contribution in [1.29, 1.82) is 0 Å². The summed E-state index contributed by atoms with van der Waals surface area (Å²) in [5, 5.41) is 0. The zero-order valence-corrected chi connectivity index (χ0v) is 26.6. The van der Waals surface area contributed by atoms with E-state index in [1.165, 1.54) is 139 Å². The summed E-state index contributed by atoms with van der Waals surface area (Å²) in [6.07, 6.45) is 29.9. The molecule has 0 aromatic rings. The first-order valence-corrected chi connectivity index (χ1v) is 18.7. The van der Waals surface area contributed by atoms with Crippen LogP contribution in [-0.4, -0.2) is 33.1 Å². The first-order valence-electron chi connectivity index (χ1n) is 15.2. The fourth-order valence-corrected chi connectivity index (χ4v) is 8.02. The zero-order chi connectivity index (χ0) is 25.0. The average molecular weight is 613 g/mol. The molecule has 0 aromatic heterocycles. The van der Waals surface area contributed by atoms with Crippen LogP contribution < -0.4 is 0 Å². The van der Waals surface area contributed by atoms with Crippen molar-refractivity contribution in [3.8, 4) is 0 Å². The predicted octanol–water partition coefficient (Wildman–Crippen LogP) is 10.7. The van der Waals surface area contributed by atoms with Gasteiger partial charge in [-0.1, -0.05) is 145 Å². The summed E-state index contributed by atoms with van der Waals surface area (Å²) in [5.74, 6) is 0. The van der Waals surface area contributed by atoms with Gasteiger partial charge in [-0.2, -0.15) is 0 Å². The molecule has 0 N–H and O–H groups in total. The molecule has 0 spiro atoms. The number of halogens is 1. The fraction of sp³-hybridized carbons (Fsp3) is 1.00. The summed E-state index contributed by atoms with van der Waals surface area (Å²) in [4.78, 5) is 0. The Kier molecular flexibility index (Phi) is 29.1. The van der Waals surface area contributed by atoms with Crippen LogP contribution in [-0.2, 0) is 13.3 Å². The molecule has 0 amide bonds. The van der Waals surface area contributed by atoms with Crippen LogP contribution in [0, 0.1) is 0 Å². The maximum atomic E-state index is 5.95. The highest BCUT2D eigenvalue weighted by molar-refractivity contribution is 14.1. The smallest absolute Gasteiger partial charge is 0.374 e. The quantitative estimate of drug-likeness (QED) is 0.0364. The Morgan fingerprint density at radius 3 is 0.853 bits per heavy atom. The first kappa shape index (κ1) is 34.8. The third-order valence-corrected chi connectivity index (χ3v) is 10.6. The molecule has 3 nitrogen and oxygen atoms in total. The molecule has 0 aliphatic carbocycles. The van der Waals surface area contributed by atoms with Gasteiger partial charge in [0.1, 0.15) is 0 Å². The van der Waals surface area contributed by atoms with Crippen LogP contribution in [0.3, 0.4) is 0 Å². The van der Waals surface area contributed by atoms with Crippen molar-refractivity contribution in [3.63, 3.8) is 0 Å². The number of hydrogen-bond acceptors (Lipinski definition) is 3. The SMILES string of the molecule is CCO[Si](CCCCCCCCCCCCCCCCCCCCCCCI)(OCC)OCC. The molecule has 5 heteroatoms. The van der Waals surface area contributed by atoms with Gasteiger partial charge in [0.2, 0.25) is 0 Å². The van der Waals surface area contributed by atoms with E-state index in [4.69, 9.17) is 13.3 Å². The van der Waals surface area contributed by atoms with Gasteiger partial charge in [-0.15, -0.1) is 0 Å². The molecular formula is C29H61IO3Si. The van der Waals surface area contributed by atoms with Gasteiger partial charge < -0.3 is 13.3 Å². The Bertz CT molecular complexity index is 367. The van der Waals surface area contributed by atoms with Crippen LogP contribution in [0.4, 0.5) is 0 Å². The van der Waals surface area contributed by atoms with E-state index in [9.17, 15) is 0 Å². The molecule has 0 heterocycles. The van der Waals surface area contributed by atoms with Crippen molar-refractivity contribution in [1.82, 2.24) is 0 Å². The van der Waals surface area contributed by atoms with E-state index in [1.54, 1.807) is 0 Å². The minimum absolute atomic E-state index is 0.686. The van der Waals surface area contributed by atoms with Crippen molar-refractivity contribution < 1.29 is 13.3 Å². The zero-order valence-electron chi connectivity index (χ0n) is 23.5. The highest BCUT2D eigenvalue weighted by atomic mass is 127. The highest BCUT2D eigenvalue weighted by Crippen LogP contribution is 2.21. The average Bonchev–Trinajstić information content (AvgIpc) is 2.83. The number of alkyl halides is 1. The van der Waals surface area contributed by atoms with E-state index in [-0.39, 0.29) is 0 Å². The summed E-state index contributed by atoms with van der Waals surface area (Å²) in [7, 11) is -2.41. The van der Waals surface area contributed by atoms with Gasteiger partial charge in [0, 0.05) is 25.9 Å². The van der Waals surface area contributed by atoms with E-state index in [0.29, 0.717) is 19.8 Å². The summed E-state index contributed by atoms with van der Waals surface area (Å²) < 4.78 is 19.2. The minimum Gasteiger partial charge on any atom is -0.374 e. The van der Waals surface area contributed by atoms with Gasteiger partial charge in [0.05, 0.1) is 0 Å². The lowest BCUT2D eigenvalue weighted by Crippen LogP contribution is -2.45. The third-order valence-electron chi connectivity index (χ3n) is 6.71. The largest absolute Gasteiger partial charge is 0.500 e. The molecule has 0 radical (unpaired) electrons. The van der Waals surface area contributed by atoms with Gasteiger partial charge in [-0.25, -0.2) is 0 Å². The topological polar surface area (TPSA) is 27.7 Å². The van der Waals surface area contributed by atoms with E-state index in [0.717, 1.165) is 6.04 Å². The monoisotopic (exact) mass is 612 g/mol. The molecule has 0 unspecified atom stereocenters. The van der Waals surface area contributed by atoms with E-state index >= 15 is 0 Å². The Labute approximate surface area is 229 Å². The molecule has 0 bridgehead atoms. The van der Waals surface area contributed by atoms with Gasteiger partial charge >= 0.3 is 8.80 Å². The minimum atomic E-state index is -2.41. The molecular weight excluding hydrogens is 551 g/mol. The second kappa shape index (κ2) is 28.4. The Morgan fingerprint density at radius 2 is 0.618 bits per heavy atom. The second-order valence-electron chi connectivity index (χ2n) is 9.85. The van der Waals surface area contributed by atoms with Crippen LogP contribution in [0.2, 0.25) is 6.04 Å². The fourth-order valence-electron chi connectivity index (χ4n) is 4.80. The van der Waals surface area contributed by atoms with Crippen molar-refractivity contribution in [2.45, 2.75) is 162 Å². The Morgan fingerprint density at radius 1 is 0.382 bits per heavy atom. The molecule has 0 aliphatic heterocycles. The standard InChI is InChI=1S/C29H61IO3Si/c1-4-31-34(32-5-2,33-6-3)29-27-25-23-21-19-17-15-13-11-9-7-8-10-12-14-16-18-20-22-24-26-28-30/h4-29H2,1-3H3. The van der Waals surface area contributed by atoms with Gasteiger partial charge in [0.15, 0.2) is 0 Å². The maximum Gasteiger partial charge on any atom is 0.500 e. The lowest BCUT2D eigenvalue weighted by Gasteiger charge is -2.28. The normalized spacial score (nSPS) is 12.0. The van der Waals surface area contributed by atoms with Crippen molar-refractivity contribution in [3.05, 3.63) is 0 Å². The molecule has 206 valence electrons. The summed E-state index contributed by atoms with van der Waals surface area (Å²) in [6.45, 7) is 8.18. The van der Waals surface area contributed by atoms with E-state index < -0.39 is 8.80 Å². The summed E-state index contributed by atoms with van der Waals surface area (Å²) in [5.41, 5.74) is 0. The lowest BCUT2D eigenvalue weighted by atomic mass is 10.0. The molecule has 0 saturated carbocycles. The number of hydrogen-bond donors (Lipinski definition) is 0. The summed E-state index contributed by atoms with van der Waals surface area (Å²) >= 11 is 2.49. The molecule has 0 saturated heterocycles. The van der Waals surface area contributed by atoms with Crippen LogP contribution in [0.1, 0.15) is 156 Å². The molecule has 0 atom stereocenters. The van der Waals surface area contributed by atoms with Crippen LogP contribution in [0.5, 0.6) is 0 Å². The van der Waals surface area contributed by atoms with Crippen molar-refractivity contribution >= 4 is 31.4 Å². The molecule has 0 rings (SSSR count). The molecule has 0 aromatic carbocycles. The van der Waals surface area contributed by atoms with Gasteiger partial charge in [-0.05, 0) is 38.0 Å². The Hall–Kier alpha value is 0.827. The first-order chi connectivity index (χ1) is 16.7.